The average Bonchev–Trinajstić information content (AvgIpc) is 3.06. The van der Waals surface area contributed by atoms with Crippen LogP contribution in [0.15, 0.2) is 24.3 Å². The van der Waals surface area contributed by atoms with E-state index in [0.717, 1.165) is 24.8 Å². The van der Waals surface area contributed by atoms with Crippen LogP contribution in [0, 0.1) is 5.82 Å². The molecule has 2 aliphatic rings. The van der Waals surface area contributed by atoms with Crippen molar-refractivity contribution in [1.29, 1.82) is 0 Å². The standard InChI is InChI=1S/C17H22FN3O3/c18-12-6-4-11(5-7-12)13-10-14(21-20-13)15(22)19-17(16(23)24)8-2-1-3-9-17/h4-7,13-14,20-21H,1-3,8-10H2,(H,19,22)(H,23,24). The van der Waals surface area contributed by atoms with E-state index in [2.05, 4.69) is 16.2 Å². The third-order valence-corrected chi connectivity index (χ3v) is 4.97. The largest absolute Gasteiger partial charge is 0.480 e. The molecule has 6 nitrogen and oxygen atoms in total. The van der Waals surface area contributed by atoms with Crippen molar-refractivity contribution < 1.29 is 19.1 Å². The van der Waals surface area contributed by atoms with Gasteiger partial charge in [-0.1, -0.05) is 31.4 Å². The summed E-state index contributed by atoms with van der Waals surface area (Å²) in [5.41, 5.74) is 5.67. The highest BCUT2D eigenvalue weighted by Gasteiger charge is 2.43. The zero-order valence-corrected chi connectivity index (χ0v) is 13.3. The summed E-state index contributed by atoms with van der Waals surface area (Å²) in [5, 5.41) is 12.3. The van der Waals surface area contributed by atoms with E-state index in [0.29, 0.717) is 19.3 Å². The van der Waals surface area contributed by atoms with Gasteiger partial charge in [0.25, 0.3) is 0 Å². The molecule has 0 spiro atoms. The van der Waals surface area contributed by atoms with Crippen molar-refractivity contribution in [2.24, 2.45) is 0 Å². The van der Waals surface area contributed by atoms with Gasteiger partial charge in [0.1, 0.15) is 17.4 Å². The maximum absolute atomic E-state index is 13.0. The predicted molar refractivity (Wildman–Crippen MR) is 85.4 cm³/mol. The smallest absolute Gasteiger partial charge is 0.329 e. The quantitative estimate of drug-likeness (QED) is 0.671. The Morgan fingerprint density at radius 2 is 1.79 bits per heavy atom. The van der Waals surface area contributed by atoms with Crippen molar-refractivity contribution in [1.82, 2.24) is 16.2 Å². The Morgan fingerprint density at radius 1 is 1.12 bits per heavy atom. The molecule has 24 heavy (non-hydrogen) atoms. The molecule has 1 aromatic rings. The third kappa shape index (κ3) is 3.42. The minimum absolute atomic E-state index is 0.117. The molecule has 7 heteroatoms. The average molecular weight is 335 g/mol. The Bertz CT molecular complexity index is 614. The zero-order chi connectivity index (χ0) is 17.2. The number of rotatable bonds is 4. The van der Waals surface area contributed by atoms with Crippen molar-refractivity contribution in [2.75, 3.05) is 0 Å². The van der Waals surface area contributed by atoms with Crippen LogP contribution in [-0.4, -0.2) is 28.6 Å². The van der Waals surface area contributed by atoms with Crippen LogP contribution in [-0.2, 0) is 9.59 Å². The Balaban J connectivity index is 1.63. The lowest BCUT2D eigenvalue weighted by Gasteiger charge is -2.34. The molecule has 0 aromatic heterocycles. The van der Waals surface area contributed by atoms with Gasteiger partial charge in [-0.25, -0.2) is 20.0 Å². The van der Waals surface area contributed by atoms with Crippen LogP contribution in [0.4, 0.5) is 4.39 Å². The lowest BCUT2D eigenvalue weighted by atomic mass is 9.81. The van der Waals surface area contributed by atoms with E-state index in [9.17, 15) is 19.1 Å². The minimum atomic E-state index is -1.15. The molecule has 2 unspecified atom stereocenters. The predicted octanol–water partition coefficient (Wildman–Crippen LogP) is 1.64. The van der Waals surface area contributed by atoms with E-state index in [4.69, 9.17) is 0 Å². The molecule has 1 amide bonds. The molecule has 1 aliphatic heterocycles. The van der Waals surface area contributed by atoms with Crippen LogP contribution < -0.4 is 16.2 Å². The number of halogens is 1. The van der Waals surface area contributed by atoms with Crippen molar-refractivity contribution in [2.45, 2.75) is 56.1 Å². The highest BCUT2D eigenvalue weighted by atomic mass is 19.1. The fourth-order valence-electron chi connectivity index (χ4n) is 3.51. The molecular formula is C17H22FN3O3. The van der Waals surface area contributed by atoms with E-state index in [1.807, 2.05) is 0 Å². The van der Waals surface area contributed by atoms with Gasteiger partial charge in [-0.05, 0) is 37.0 Å². The number of aliphatic carboxylic acids is 1. The number of hydrogen-bond donors (Lipinski definition) is 4. The van der Waals surface area contributed by atoms with Crippen molar-refractivity contribution >= 4 is 11.9 Å². The van der Waals surface area contributed by atoms with Crippen molar-refractivity contribution in [3.8, 4) is 0 Å². The number of benzene rings is 1. The van der Waals surface area contributed by atoms with Crippen LogP contribution in [0.3, 0.4) is 0 Å². The van der Waals surface area contributed by atoms with Crippen LogP contribution in [0.5, 0.6) is 0 Å². The molecule has 1 aliphatic carbocycles. The maximum Gasteiger partial charge on any atom is 0.329 e. The summed E-state index contributed by atoms with van der Waals surface area (Å²) in [7, 11) is 0. The first-order valence-electron chi connectivity index (χ1n) is 8.32. The molecule has 1 saturated carbocycles. The fourth-order valence-corrected chi connectivity index (χ4v) is 3.51. The van der Waals surface area contributed by atoms with Gasteiger partial charge >= 0.3 is 5.97 Å². The van der Waals surface area contributed by atoms with Crippen LogP contribution in [0.1, 0.15) is 50.1 Å². The lowest BCUT2D eigenvalue weighted by Crippen LogP contribution is -2.59. The number of hydrazine groups is 1. The summed E-state index contributed by atoms with van der Waals surface area (Å²) in [6.45, 7) is 0. The summed E-state index contributed by atoms with van der Waals surface area (Å²) in [6, 6.07) is 5.48. The molecule has 1 saturated heterocycles. The molecule has 2 atom stereocenters. The summed E-state index contributed by atoms with van der Waals surface area (Å²) in [6.07, 6.45) is 4.03. The fraction of sp³-hybridized carbons (Fsp3) is 0.529. The second kappa shape index (κ2) is 6.86. The van der Waals surface area contributed by atoms with E-state index >= 15 is 0 Å². The van der Waals surface area contributed by atoms with Gasteiger partial charge in [-0.15, -0.1) is 0 Å². The molecular weight excluding hydrogens is 313 g/mol. The third-order valence-electron chi connectivity index (χ3n) is 4.97. The highest BCUT2D eigenvalue weighted by molar-refractivity contribution is 5.89. The van der Waals surface area contributed by atoms with Gasteiger partial charge < -0.3 is 10.4 Å². The number of nitrogens with one attached hydrogen (secondary N) is 3. The SMILES string of the molecule is O=C(NC1(C(=O)O)CCCCC1)C1CC(c2ccc(F)cc2)NN1. The second-order valence-electron chi connectivity index (χ2n) is 6.62. The first-order valence-corrected chi connectivity index (χ1v) is 8.32. The number of carboxylic acid groups (broad SMARTS) is 1. The number of carbonyl (C=O) groups excluding carboxylic acids is 1. The van der Waals surface area contributed by atoms with Gasteiger partial charge in [0.15, 0.2) is 0 Å². The summed E-state index contributed by atoms with van der Waals surface area (Å²) >= 11 is 0. The molecule has 0 radical (unpaired) electrons. The molecule has 4 N–H and O–H groups in total. The molecule has 1 aromatic carbocycles. The van der Waals surface area contributed by atoms with Crippen molar-refractivity contribution in [3.05, 3.63) is 35.6 Å². The topological polar surface area (TPSA) is 90.5 Å². The van der Waals surface area contributed by atoms with Crippen LogP contribution in [0.25, 0.3) is 0 Å². The highest BCUT2D eigenvalue weighted by Crippen LogP contribution is 2.29. The Kier molecular flexibility index (Phi) is 4.82. The van der Waals surface area contributed by atoms with Gasteiger partial charge in [0.05, 0.1) is 0 Å². The van der Waals surface area contributed by atoms with Gasteiger partial charge in [-0.2, -0.15) is 0 Å². The summed E-state index contributed by atoms with van der Waals surface area (Å²) < 4.78 is 13.0. The summed E-state index contributed by atoms with van der Waals surface area (Å²) in [5.74, 6) is -1.58. The normalized spacial score (nSPS) is 26.0. The lowest BCUT2D eigenvalue weighted by molar-refractivity contribution is -0.149. The number of hydrogen-bond acceptors (Lipinski definition) is 4. The first-order chi connectivity index (χ1) is 11.5. The molecule has 2 fully saturated rings. The van der Waals surface area contributed by atoms with Gasteiger partial charge in [-0.3, -0.25) is 4.79 Å². The number of amides is 1. The maximum atomic E-state index is 13.0. The van der Waals surface area contributed by atoms with Gasteiger partial charge in [0, 0.05) is 6.04 Å². The Morgan fingerprint density at radius 3 is 2.42 bits per heavy atom. The van der Waals surface area contributed by atoms with E-state index < -0.39 is 17.6 Å². The van der Waals surface area contributed by atoms with Crippen LogP contribution >= 0.6 is 0 Å². The number of carboxylic acids is 1. The number of carbonyl (C=O) groups is 2. The molecule has 130 valence electrons. The molecule has 0 bridgehead atoms. The van der Waals surface area contributed by atoms with E-state index in [1.165, 1.54) is 12.1 Å². The summed E-state index contributed by atoms with van der Waals surface area (Å²) in [4.78, 5) is 24.2. The van der Waals surface area contributed by atoms with E-state index in [-0.39, 0.29) is 17.8 Å². The van der Waals surface area contributed by atoms with Crippen LogP contribution in [0.2, 0.25) is 0 Å². The second-order valence-corrected chi connectivity index (χ2v) is 6.62. The van der Waals surface area contributed by atoms with Gasteiger partial charge in [0.2, 0.25) is 5.91 Å². The first kappa shape index (κ1) is 16.9. The Hall–Kier alpha value is -1.99. The Labute approximate surface area is 139 Å². The van der Waals surface area contributed by atoms with E-state index in [1.54, 1.807) is 12.1 Å². The zero-order valence-electron chi connectivity index (χ0n) is 13.3. The van der Waals surface area contributed by atoms with Crippen molar-refractivity contribution in [3.63, 3.8) is 0 Å². The monoisotopic (exact) mass is 335 g/mol. The molecule has 1 heterocycles. The molecule has 3 rings (SSSR count). The minimum Gasteiger partial charge on any atom is -0.480 e.